The fraction of sp³-hybridized carbons (Fsp3) is 0.273. The Labute approximate surface area is 240 Å². The molecular formula is C33H34ClN3O3. The molecule has 6 nitrogen and oxygen atoms in total. The Balaban J connectivity index is 1.36. The van der Waals surface area contributed by atoms with Gasteiger partial charge in [-0.15, -0.1) is 0 Å². The van der Waals surface area contributed by atoms with Gasteiger partial charge in [-0.05, 0) is 88.7 Å². The van der Waals surface area contributed by atoms with Gasteiger partial charge in [-0.25, -0.2) is 4.79 Å². The molecule has 0 bridgehead atoms. The van der Waals surface area contributed by atoms with Crippen molar-refractivity contribution in [1.82, 2.24) is 9.80 Å². The second-order valence-corrected chi connectivity index (χ2v) is 10.9. The molecule has 2 aliphatic rings. The van der Waals surface area contributed by atoms with E-state index in [-0.39, 0.29) is 5.91 Å². The van der Waals surface area contributed by atoms with Crippen LogP contribution in [0.5, 0.6) is 0 Å². The lowest BCUT2D eigenvalue weighted by atomic mass is 9.81. The van der Waals surface area contributed by atoms with E-state index in [9.17, 15) is 14.7 Å². The minimum Gasteiger partial charge on any atom is -0.478 e. The van der Waals surface area contributed by atoms with E-state index in [1.807, 2.05) is 24.3 Å². The molecular weight excluding hydrogens is 522 g/mol. The number of aryl methyl sites for hydroxylation is 1. The number of aromatic carboxylic acids is 1. The number of nitrogens with zero attached hydrogens (tertiary/aromatic N) is 3. The van der Waals surface area contributed by atoms with Crippen molar-refractivity contribution in [2.75, 3.05) is 44.7 Å². The molecule has 1 aliphatic carbocycles. The summed E-state index contributed by atoms with van der Waals surface area (Å²) >= 11 is 6.24. The number of piperazine rings is 1. The van der Waals surface area contributed by atoms with Gasteiger partial charge in [-0.1, -0.05) is 48.5 Å². The average molecular weight is 556 g/mol. The summed E-state index contributed by atoms with van der Waals surface area (Å²) in [6.07, 6.45) is 3.29. The Kier molecular flexibility index (Phi) is 8.38. The Morgan fingerprint density at radius 2 is 1.68 bits per heavy atom. The zero-order chi connectivity index (χ0) is 28.2. The van der Waals surface area contributed by atoms with Gasteiger partial charge in [0.05, 0.1) is 5.56 Å². The van der Waals surface area contributed by atoms with E-state index >= 15 is 0 Å². The predicted octanol–water partition coefficient (Wildman–Crippen LogP) is 5.75. The summed E-state index contributed by atoms with van der Waals surface area (Å²) in [5.41, 5.74) is 8.93. The van der Waals surface area contributed by atoms with Crippen molar-refractivity contribution in [2.24, 2.45) is 0 Å². The number of likely N-dealkylation sites (N-methyl/N-ethyl adjacent to an activating group) is 1. The predicted molar refractivity (Wildman–Crippen MR) is 161 cm³/mol. The van der Waals surface area contributed by atoms with Gasteiger partial charge in [0.1, 0.15) is 0 Å². The van der Waals surface area contributed by atoms with Crippen molar-refractivity contribution in [1.29, 1.82) is 0 Å². The molecule has 0 saturated carbocycles. The Bertz CT molecular complexity index is 1440. The third-order valence-corrected chi connectivity index (χ3v) is 8.11. The number of hydrogen-bond acceptors (Lipinski definition) is 4. The van der Waals surface area contributed by atoms with E-state index in [0.29, 0.717) is 12.1 Å². The van der Waals surface area contributed by atoms with Crippen LogP contribution in [-0.2, 0) is 17.8 Å². The Morgan fingerprint density at radius 3 is 2.33 bits per heavy atom. The van der Waals surface area contributed by atoms with Gasteiger partial charge < -0.3 is 14.9 Å². The second kappa shape index (κ2) is 12.1. The van der Waals surface area contributed by atoms with Gasteiger partial charge in [-0.3, -0.25) is 9.69 Å². The first-order chi connectivity index (χ1) is 19.3. The fourth-order valence-corrected chi connectivity index (χ4v) is 5.81. The number of fused-ring (bicyclic) bond motifs is 1. The molecule has 1 N–H and O–H groups in total. The first-order valence-electron chi connectivity index (χ1n) is 13.6. The van der Waals surface area contributed by atoms with Crippen molar-refractivity contribution in [3.63, 3.8) is 0 Å². The van der Waals surface area contributed by atoms with Crippen LogP contribution in [0.4, 0.5) is 5.69 Å². The molecule has 206 valence electrons. The Morgan fingerprint density at radius 1 is 0.975 bits per heavy atom. The minimum atomic E-state index is -0.901. The smallest absolute Gasteiger partial charge is 0.335 e. The van der Waals surface area contributed by atoms with Crippen LogP contribution in [0.25, 0.3) is 5.57 Å². The number of hydrogen-bond donors (Lipinski definition) is 1. The number of carboxylic acids is 1. The van der Waals surface area contributed by atoms with E-state index in [2.05, 4.69) is 46.7 Å². The van der Waals surface area contributed by atoms with Crippen molar-refractivity contribution in [3.05, 3.63) is 118 Å². The van der Waals surface area contributed by atoms with Gasteiger partial charge in [0, 0.05) is 57.0 Å². The number of benzene rings is 3. The molecule has 7 heteroatoms. The van der Waals surface area contributed by atoms with Crippen LogP contribution in [0.3, 0.4) is 0 Å². The number of rotatable bonds is 8. The first-order valence-corrected chi connectivity index (χ1v) is 14.0. The highest BCUT2D eigenvalue weighted by Gasteiger charge is 2.25. The maximum absolute atomic E-state index is 12.0. The summed E-state index contributed by atoms with van der Waals surface area (Å²) < 4.78 is 0. The highest BCUT2D eigenvalue weighted by molar-refractivity contribution is 6.30. The first kappa shape index (κ1) is 27.7. The van der Waals surface area contributed by atoms with Gasteiger partial charge in [0.25, 0.3) is 0 Å². The SMILES string of the molecule is C=CC(=O)N(C)Cc1ccc2c(c1)CCC(CN1CCN(c3ccc(C(=O)O)cc3)CC1)=C2c1ccc(Cl)cc1. The maximum Gasteiger partial charge on any atom is 0.335 e. The normalized spacial score (nSPS) is 15.5. The van der Waals surface area contributed by atoms with Crippen molar-refractivity contribution < 1.29 is 14.7 Å². The summed E-state index contributed by atoms with van der Waals surface area (Å²) in [7, 11) is 1.80. The number of anilines is 1. The van der Waals surface area contributed by atoms with Crippen molar-refractivity contribution >= 4 is 34.7 Å². The molecule has 0 spiro atoms. The van der Waals surface area contributed by atoms with Crippen LogP contribution >= 0.6 is 11.6 Å². The minimum absolute atomic E-state index is 0.0841. The average Bonchev–Trinajstić information content (AvgIpc) is 2.97. The van der Waals surface area contributed by atoms with Crippen LogP contribution in [0.1, 0.15) is 39.0 Å². The quantitative estimate of drug-likeness (QED) is 0.358. The number of carbonyl (C=O) groups excluding carboxylic acids is 1. The van der Waals surface area contributed by atoms with E-state index < -0.39 is 5.97 Å². The zero-order valence-electron chi connectivity index (χ0n) is 22.8. The summed E-state index contributed by atoms with van der Waals surface area (Å²) in [5.74, 6) is -0.985. The fourth-order valence-electron chi connectivity index (χ4n) is 5.69. The molecule has 1 saturated heterocycles. The lowest BCUT2D eigenvalue weighted by molar-refractivity contribution is -0.125. The molecule has 0 unspecified atom stereocenters. The second-order valence-electron chi connectivity index (χ2n) is 10.5. The third kappa shape index (κ3) is 6.14. The maximum atomic E-state index is 12.0. The Hall–Kier alpha value is -3.87. The van der Waals surface area contributed by atoms with Crippen molar-refractivity contribution in [3.8, 4) is 0 Å². The molecule has 0 aromatic heterocycles. The van der Waals surface area contributed by atoms with Crippen LogP contribution < -0.4 is 4.90 Å². The van der Waals surface area contributed by atoms with Gasteiger partial charge in [0.15, 0.2) is 0 Å². The molecule has 0 atom stereocenters. The standard InChI is InChI=1S/C33H34ClN3O3/c1-3-31(38)35(2)21-23-4-15-30-26(20-23)5-6-27(32(30)24-7-11-28(34)12-8-24)22-36-16-18-37(19-17-36)29-13-9-25(10-14-29)33(39)40/h3-4,7-15,20H,1,5-6,16-19,21-22H2,2H3,(H,39,40). The monoisotopic (exact) mass is 555 g/mol. The molecule has 1 amide bonds. The summed E-state index contributed by atoms with van der Waals surface area (Å²) in [6.45, 7) is 8.72. The van der Waals surface area contributed by atoms with Gasteiger partial charge in [0.2, 0.25) is 5.91 Å². The number of carbonyl (C=O) groups is 2. The highest BCUT2D eigenvalue weighted by Crippen LogP contribution is 2.37. The summed E-state index contributed by atoms with van der Waals surface area (Å²) in [6, 6.07) is 21.8. The largest absolute Gasteiger partial charge is 0.478 e. The summed E-state index contributed by atoms with van der Waals surface area (Å²) in [4.78, 5) is 29.7. The molecule has 5 rings (SSSR count). The number of amides is 1. The van der Waals surface area contributed by atoms with Crippen LogP contribution in [0.15, 0.2) is 85.0 Å². The van der Waals surface area contributed by atoms with Gasteiger partial charge in [-0.2, -0.15) is 0 Å². The number of carboxylic acid groups (broad SMARTS) is 1. The molecule has 1 aliphatic heterocycles. The lowest BCUT2D eigenvalue weighted by Gasteiger charge is -2.37. The molecule has 3 aromatic rings. The molecule has 3 aromatic carbocycles. The third-order valence-electron chi connectivity index (χ3n) is 7.86. The van der Waals surface area contributed by atoms with Crippen LogP contribution in [-0.4, -0.2) is 66.6 Å². The van der Waals surface area contributed by atoms with E-state index in [1.165, 1.54) is 33.9 Å². The molecule has 40 heavy (non-hydrogen) atoms. The van der Waals surface area contributed by atoms with Crippen molar-refractivity contribution in [2.45, 2.75) is 19.4 Å². The number of halogens is 1. The topological polar surface area (TPSA) is 64.1 Å². The summed E-state index contributed by atoms with van der Waals surface area (Å²) in [5, 5.41) is 9.91. The molecule has 1 fully saturated rings. The van der Waals surface area contributed by atoms with E-state index in [1.54, 1.807) is 24.1 Å². The van der Waals surface area contributed by atoms with E-state index in [4.69, 9.17) is 11.6 Å². The molecule has 1 heterocycles. The van der Waals surface area contributed by atoms with Gasteiger partial charge >= 0.3 is 5.97 Å². The van der Waals surface area contributed by atoms with E-state index in [0.717, 1.165) is 61.8 Å². The lowest BCUT2D eigenvalue weighted by Crippen LogP contribution is -2.47. The highest BCUT2D eigenvalue weighted by atomic mass is 35.5. The van der Waals surface area contributed by atoms with Crippen LogP contribution in [0, 0.1) is 0 Å². The van der Waals surface area contributed by atoms with Crippen LogP contribution in [0.2, 0.25) is 5.02 Å². The zero-order valence-corrected chi connectivity index (χ0v) is 23.5. The molecule has 0 radical (unpaired) electrons.